The minimum absolute atomic E-state index is 0.192. The molecule has 1 heterocycles. The number of halogens is 1. The Labute approximate surface area is 128 Å². The molecule has 2 N–H and O–H groups in total. The normalized spacial score (nSPS) is 12.8. The molecule has 0 aliphatic carbocycles. The van der Waals surface area contributed by atoms with Crippen LogP contribution in [0.2, 0.25) is 5.02 Å². The van der Waals surface area contributed by atoms with Gasteiger partial charge in [0.1, 0.15) is 0 Å². The number of aromatic nitrogens is 2. The number of hydrogen-bond donors (Lipinski definition) is 1. The summed E-state index contributed by atoms with van der Waals surface area (Å²) in [4.78, 5) is 0. The molecule has 0 spiro atoms. The second kappa shape index (κ2) is 7.11. The predicted octanol–water partition coefficient (Wildman–Crippen LogP) is 4.06. The maximum atomic E-state index is 6.01. The van der Waals surface area contributed by atoms with Crippen LogP contribution in [-0.4, -0.2) is 10.2 Å². The summed E-state index contributed by atoms with van der Waals surface area (Å²) >= 11 is 7.43. The van der Waals surface area contributed by atoms with Crippen molar-refractivity contribution in [1.29, 1.82) is 0 Å². The highest BCUT2D eigenvalue weighted by Gasteiger charge is 2.16. The molecule has 0 amide bonds. The summed E-state index contributed by atoms with van der Waals surface area (Å²) in [6.45, 7) is 4.23. The first-order chi connectivity index (χ1) is 9.54. The monoisotopic (exact) mass is 311 g/mol. The molecule has 1 aromatic carbocycles. The van der Waals surface area contributed by atoms with Crippen molar-refractivity contribution in [3.63, 3.8) is 0 Å². The Balaban J connectivity index is 1.93. The zero-order valence-electron chi connectivity index (χ0n) is 11.5. The Morgan fingerprint density at radius 1 is 1.35 bits per heavy atom. The van der Waals surface area contributed by atoms with Gasteiger partial charge in [-0.1, -0.05) is 49.3 Å². The molecule has 1 atom stereocenters. The lowest BCUT2D eigenvalue weighted by Gasteiger charge is -2.08. The van der Waals surface area contributed by atoms with E-state index in [1.165, 1.54) is 11.8 Å². The van der Waals surface area contributed by atoms with Gasteiger partial charge in [0, 0.05) is 10.8 Å². The Bertz CT molecular complexity index is 559. The SMILES string of the molecule is CC(C)CC(N)c1nnc(SCc2cccc(Cl)c2)o1. The van der Waals surface area contributed by atoms with Gasteiger partial charge < -0.3 is 10.2 Å². The molecule has 0 saturated heterocycles. The number of hydrogen-bond acceptors (Lipinski definition) is 5. The van der Waals surface area contributed by atoms with Crippen molar-refractivity contribution in [1.82, 2.24) is 10.2 Å². The summed E-state index contributed by atoms with van der Waals surface area (Å²) in [5, 5.41) is 9.30. The molecule has 0 aliphatic heterocycles. The van der Waals surface area contributed by atoms with E-state index in [2.05, 4.69) is 24.0 Å². The summed E-state index contributed by atoms with van der Waals surface area (Å²) in [6.07, 6.45) is 0.834. The molecular weight excluding hydrogens is 294 g/mol. The van der Waals surface area contributed by atoms with Crippen molar-refractivity contribution < 1.29 is 4.42 Å². The third-order valence-corrected chi connectivity index (χ3v) is 3.84. The molecule has 0 saturated carbocycles. The second-order valence-corrected chi connectivity index (χ2v) is 6.42. The van der Waals surface area contributed by atoms with Gasteiger partial charge in [0.05, 0.1) is 6.04 Å². The van der Waals surface area contributed by atoms with Crippen molar-refractivity contribution in [2.75, 3.05) is 0 Å². The zero-order chi connectivity index (χ0) is 14.5. The highest BCUT2D eigenvalue weighted by Crippen LogP contribution is 2.25. The third kappa shape index (κ3) is 4.51. The molecule has 2 aromatic rings. The Morgan fingerprint density at radius 3 is 2.85 bits per heavy atom. The first kappa shape index (κ1) is 15.4. The smallest absolute Gasteiger partial charge is 0.276 e. The Morgan fingerprint density at radius 2 is 2.15 bits per heavy atom. The first-order valence-electron chi connectivity index (χ1n) is 6.51. The average molecular weight is 312 g/mol. The molecule has 0 radical (unpaired) electrons. The summed E-state index contributed by atoms with van der Waals surface area (Å²) in [7, 11) is 0. The van der Waals surface area contributed by atoms with Crippen LogP contribution in [0.3, 0.4) is 0 Å². The van der Waals surface area contributed by atoms with E-state index in [1.807, 2.05) is 24.3 Å². The van der Waals surface area contributed by atoms with Gasteiger partial charge in [-0.15, -0.1) is 10.2 Å². The van der Waals surface area contributed by atoms with Crippen LogP contribution < -0.4 is 5.73 Å². The summed E-state index contributed by atoms with van der Waals surface area (Å²) in [6, 6.07) is 7.53. The Kier molecular flexibility index (Phi) is 5.46. The van der Waals surface area contributed by atoms with E-state index in [4.69, 9.17) is 21.8 Å². The molecule has 0 bridgehead atoms. The first-order valence-corrected chi connectivity index (χ1v) is 7.87. The second-order valence-electron chi connectivity index (χ2n) is 5.06. The lowest BCUT2D eigenvalue weighted by molar-refractivity contribution is 0.361. The van der Waals surface area contributed by atoms with Crippen LogP contribution in [0.4, 0.5) is 0 Å². The molecule has 0 aliphatic rings. The van der Waals surface area contributed by atoms with Crippen LogP contribution in [0.25, 0.3) is 0 Å². The highest BCUT2D eigenvalue weighted by atomic mass is 35.5. The van der Waals surface area contributed by atoms with E-state index in [1.54, 1.807) is 0 Å². The van der Waals surface area contributed by atoms with E-state index < -0.39 is 0 Å². The summed E-state index contributed by atoms with van der Waals surface area (Å²) < 4.78 is 5.58. The molecule has 0 fully saturated rings. The van der Waals surface area contributed by atoms with Gasteiger partial charge in [-0.25, -0.2) is 0 Å². The molecule has 2 rings (SSSR count). The number of nitrogens with two attached hydrogens (primary N) is 1. The fraction of sp³-hybridized carbons (Fsp3) is 0.429. The van der Waals surface area contributed by atoms with Crippen LogP contribution in [-0.2, 0) is 5.75 Å². The average Bonchev–Trinajstić information content (AvgIpc) is 2.84. The van der Waals surface area contributed by atoms with Gasteiger partial charge in [-0.3, -0.25) is 0 Å². The fourth-order valence-corrected chi connectivity index (χ4v) is 2.73. The zero-order valence-corrected chi connectivity index (χ0v) is 13.1. The minimum atomic E-state index is -0.192. The van der Waals surface area contributed by atoms with Crippen molar-refractivity contribution in [2.45, 2.75) is 37.3 Å². The van der Waals surface area contributed by atoms with Gasteiger partial charge in [0.15, 0.2) is 0 Å². The maximum Gasteiger partial charge on any atom is 0.276 e. The van der Waals surface area contributed by atoms with Gasteiger partial charge >= 0.3 is 0 Å². The molecule has 108 valence electrons. The van der Waals surface area contributed by atoms with E-state index in [-0.39, 0.29) is 6.04 Å². The molecular formula is C14H18ClN3OS. The molecule has 6 heteroatoms. The summed E-state index contributed by atoms with van der Waals surface area (Å²) in [5.74, 6) is 1.74. The largest absolute Gasteiger partial charge is 0.414 e. The van der Waals surface area contributed by atoms with Gasteiger partial charge in [0.2, 0.25) is 5.89 Å². The van der Waals surface area contributed by atoms with E-state index >= 15 is 0 Å². The van der Waals surface area contributed by atoms with Crippen LogP contribution in [0.5, 0.6) is 0 Å². The van der Waals surface area contributed by atoms with Gasteiger partial charge in [-0.05, 0) is 30.0 Å². The topological polar surface area (TPSA) is 64.9 Å². The number of rotatable bonds is 6. The fourth-order valence-electron chi connectivity index (χ4n) is 1.81. The summed E-state index contributed by atoms with van der Waals surface area (Å²) in [5.41, 5.74) is 7.13. The molecule has 1 aromatic heterocycles. The molecule has 4 nitrogen and oxygen atoms in total. The van der Waals surface area contributed by atoms with Gasteiger partial charge in [0.25, 0.3) is 5.22 Å². The van der Waals surface area contributed by atoms with E-state index in [9.17, 15) is 0 Å². The number of thioether (sulfide) groups is 1. The Hall–Kier alpha value is -1.04. The van der Waals surface area contributed by atoms with Crippen LogP contribution in [0, 0.1) is 5.92 Å². The van der Waals surface area contributed by atoms with Crippen molar-refractivity contribution in [3.05, 3.63) is 40.7 Å². The van der Waals surface area contributed by atoms with Gasteiger partial charge in [-0.2, -0.15) is 0 Å². The lowest BCUT2D eigenvalue weighted by Crippen LogP contribution is -2.13. The highest BCUT2D eigenvalue weighted by molar-refractivity contribution is 7.98. The van der Waals surface area contributed by atoms with E-state index in [0.717, 1.165) is 22.8 Å². The predicted molar refractivity (Wildman–Crippen MR) is 81.7 cm³/mol. The quantitative estimate of drug-likeness (QED) is 0.815. The molecule has 1 unspecified atom stereocenters. The van der Waals surface area contributed by atoms with Crippen LogP contribution in [0.15, 0.2) is 33.9 Å². The number of nitrogens with zero attached hydrogens (tertiary/aromatic N) is 2. The standard InChI is InChI=1S/C14H18ClN3OS/c1-9(2)6-12(16)13-17-18-14(19-13)20-8-10-4-3-5-11(15)7-10/h3-5,7,9,12H,6,8,16H2,1-2H3. The third-order valence-electron chi connectivity index (χ3n) is 2.72. The number of benzene rings is 1. The lowest BCUT2D eigenvalue weighted by atomic mass is 10.1. The van der Waals surface area contributed by atoms with Crippen LogP contribution >= 0.6 is 23.4 Å². The van der Waals surface area contributed by atoms with Crippen molar-refractivity contribution in [3.8, 4) is 0 Å². The van der Waals surface area contributed by atoms with E-state index in [0.29, 0.717) is 17.0 Å². The minimum Gasteiger partial charge on any atom is -0.414 e. The van der Waals surface area contributed by atoms with Crippen molar-refractivity contribution >= 4 is 23.4 Å². The van der Waals surface area contributed by atoms with Crippen LogP contribution in [0.1, 0.15) is 37.8 Å². The maximum absolute atomic E-state index is 6.01. The molecule has 20 heavy (non-hydrogen) atoms. The van der Waals surface area contributed by atoms with Crippen molar-refractivity contribution in [2.24, 2.45) is 11.7 Å².